The molecule has 0 radical (unpaired) electrons. The number of methoxy groups -OCH3 is 1. The number of allylic oxidation sites excluding steroid dienone is 1. The molecule has 0 aromatic carbocycles. The minimum absolute atomic E-state index is 0.128. The molecule has 0 fully saturated rings. The first-order valence-corrected chi connectivity index (χ1v) is 4.11. The van der Waals surface area contributed by atoms with Gasteiger partial charge in [0.2, 0.25) is 0 Å². The van der Waals surface area contributed by atoms with Crippen molar-refractivity contribution in [2.24, 2.45) is 10.7 Å². The van der Waals surface area contributed by atoms with Gasteiger partial charge in [0, 0.05) is 18.3 Å². The second kappa shape index (κ2) is 5.06. The van der Waals surface area contributed by atoms with Gasteiger partial charge in [0.05, 0.1) is 7.11 Å². The van der Waals surface area contributed by atoms with Crippen LogP contribution in [-0.2, 0) is 14.3 Å². The molecular weight excluding hydrogens is 184 g/mol. The number of nitrogens with two attached hydrogens (primary N) is 1. The third kappa shape index (κ3) is 3.30. The highest BCUT2D eigenvalue weighted by Gasteiger charge is 2.05. The second-order valence-electron chi connectivity index (χ2n) is 2.61. The number of esters is 1. The van der Waals surface area contributed by atoms with E-state index in [1.807, 2.05) is 0 Å². The van der Waals surface area contributed by atoms with E-state index in [9.17, 15) is 4.79 Å². The van der Waals surface area contributed by atoms with Crippen molar-refractivity contribution in [2.75, 3.05) is 13.7 Å². The Morgan fingerprint density at radius 2 is 2.50 bits per heavy atom. The first kappa shape index (κ1) is 10.3. The SMILES string of the molecule is COC(=O)COC1=NC=CC(N)=CC1. The van der Waals surface area contributed by atoms with Gasteiger partial charge in [-0.3, -0.25) is 0 Å². The largest absolute Gasteiger partial charge is 0.469 e. The minimum atomic E-state index is -0.433. The Balaban J connectivity index is 2.43. The van der Waals surface area contributed by atoms with Crippen LogP contribution in [0.2, 0.25) is 0 Å². The summed E-state index contributed by atoms with van der Waals surface area (Å²) in [6.07, 6.45) is 5.44. The number of rotatable bonds is 2. The van der Waals surface area contributed by atoms with E-state index in [-0.39, 0.29) is 6.61 Å². The Bertz CT molecular complexity index is 302. The molecule has 5 heteroatoms. The summed E-state index contributed by atoms with van der Waals surface area (Å²) in [7, 11) is 1.30. The molecule has 0 spiro atoms. The van der Waals surface area contributed by atoms with E-state index in [0.29, 0.717) is 18.0 Å². The molecule has 0 bridgehead atoms. The van der Waals surface area contributed by atoms with Gasteiger partial charge < -0.3 is 15.2 Å². The lowest BCUT2D eigenvalue weighted by Gasteiger charge is -2.04. The first-order valence-electron chi connectivity index (χ1n) is 4.11. The van der Waals surface area contributed by atoms with Crippen LogP contribution in [-0.4, -0.2) is 25.6 Å². The van der Waals surface area contributed by atoms with Gasteiger partial charge in [0.15, 0.2) is 12.5 Å². The molecule has 0 unspecified atom stereocenters. The number of carbonyl (C=O) groups is 1. The molecule has 0 atom stereocenters. The number of carbonyl (C=O) groups excluding carboxylic acids is 1. The summed E-state index contributed by atoms with van der Waals surface area (Å²) in [6.45, 7) is -0.128. The molecule has 76 valence electrons. The molecule has 0 aromatic heterocycles. The Kier molecular flexibility index (Phi) is 3.72. The second-order valence-corrected chi connectivity index (χ2v) is 2.61. The fourth-order valence-electron chi connectivity index (χ4n) is 0.830. The molecule has 5 nitrogen and oxygen atoms in total. The summed E-state index contributed by atoms with van der Waals surface area (Å²) in [5.74, 6) is 0.0185. The average Bonchev–Trinajstić information content (AvgIpc) is 2.39. The summed E-state index contributed by atoms with van der Waals surface area (Å²) >= 11 is 0. The molecule has 0 saturated heterocycles. The van der Waals surface area contributed by atoms with Gasteiger partial charge in [-0.2, -0.15) is 0 Å². The van der Waals surface area contributed by atoms with Crippen molar-refractivity contribution in [3.8, 4) is 0 Å². The number of hydrogen-bond acceptors (Lipinski definition) is 5. The van der Waals surface area contributed by atoms with Gasteiger partial charge in [-0.25, -0.2) is 9.79 Å². The molecule has 0 amide bonds. The van der Waals surface area contributed by atoms with Crippen molar-refractivity contribution < 1.29 is 14.3 Å². The molecule has 0 saturated carbocycles. The normalized spacial score (nSPS) is 15.2. The summed E-state index contributed by atoms with van der Waals surface area (Å²) < 4.78 is 9.50. The van der Waals surface area contributed by atoms with E-state index in [4.69, 9.17) is 10.5 Å². The van der Waals surface area contributed by atoms with Crippen LogP contribution in [0.3, 0.4) is 0 Å². The Hall–Kier alpha value is -1.78. The van der Waals surface area contributed by atoms with Crippen molar-refractivity contribution in [1.82, 2.24) is 0 Å². The fourth-order valence-corrected chi connectivity index (χ4v) is 0.830. The van der Waals surface area contributed by atoms with Crippen LogP contribution in [0.5, 0.6) is 0 Å². The predicted molar refractivity (Wildman–Crippen MR) is 51.4 cm³/mol. The molecule has 0 aromatic rings. The zero-order valence-corrected chi connectivity index (χ0v) is 7.90. The van der Waals surface area contributed by atoms with Gasteiger partial charge in [-0.05, 0) is 6.08 Å². The van der Waals surface area contributed by atoms with E-state index in [1.165, 1.54) is 13.3 Å². The van der Waals surface area contributed by atoms with Crippen molar-refractivity contribution in [3.63, 3.8) is 0 Å². The van der Waals surface area contributed by atoms with Crippen LogP contribution in [0.1, 0.15) is 6.42 Å². The quantitative estimate of drug-likeness (QED) is 0.646. The van der Waals surface area contributed by atoms with Gasteiger partial charge in [-0.15, -0.1) is 0 Å². The molecule has 1 rings (SSSR count). The zero-order valence-electron chi connectivity index (χ0n) is 7.90. The fraction of sp³-hybridized carbons (Fsp3) is 0.333. The van der Waals surface area contributed by atoms with E-state index in [1.54, 1.807) is 12.2 Å². The van der Waals surface area contributed by atoms with Crippen molar-refractivity contribution in [2.45, 2.75) is 6.42 Å². The topological polar surface area (TPSA) is 73.9 Å². The molecule has 1 aliphatic rings. The molecular formula is C9H12N2O3. The summed E-state index contributed by atoms with van der Waals surface area (Å²) in [5.41, 5.74) is 6.16. The average molecular weight is 196 g/mol. The smallest absolute Gasteiger partial charge is 0.343 e. The monoisotopic (exact) mass is 196 g/mol. The Morgan fingerprint density at radius 3 is 3.21 bits per heavy atom. The highest BCUT2D eigenvalue weighted by Crippen LogP contribution is 2.02. The lowest BCUT2D eigenvalue weighted by Crippen LogP contribution is -2.14. The Morgan fingerprint density at radius 1 is 1.71 bits per heavy atom. The van der Waals surface area contributed by atoms with Crippen LogP contribution in [0, 0.1) is 0 Å². The van der Waals surface area contributed by atoms with Crippen LogP contribution in [0.4, 0.5) is 0 Å². The molecule has 2 N–H and O–H groups in total. The summed E-state index contributed by atoms with van der Waals surface area (Å²) in [6, 6.07) is 0. The van der Waals surface area contributed by atoms with E-state index in [0.717, 1.165) is 0 Å². The number of nitrogens with zero attached hydrogens (tertiary/aromatic N) is 1. The maximum atomic E-state index is 10.7. The van der Waals surface area contributed by atoms with E-state index < -0.39 is 5.97 Å². The van der Waals surface area contributed by atoms with Crippen molar-refractivity contribution in [3.05, 3.63) is 24.0 Å². The zero-order chi connectivity index (χ0) is 10.4. The third-order valence-electron chi connectivity index (χ3n) is 1.58. The van der Waals surface area contributed by atoms with Gasteiger partial charge in [0.25, 0.3) is 0 Å². The maximum absolute atomic E-state index is 10.7. The first-order chi connectivity index (χ1) is 6.72. The third-order valence-corrected chi connectivity index (χ3v) is 1.58. The highest BCUT2D eigenvalue weighted by atomic mass is 16.6. The summed E-state index contributed by atoms with van der Waals surface area (Å²) in [4.78, 5) is 14.7. The molecule has 14 heavy (non-hydrogen) atoms. The summed E-state index contributed by atoms with van der Waals surface area (Å²) in [5, 5.41) is 0. The predicted octanol–water partition coefficient (Wildman–Crippen LogP) is 0.334. The number of aliphatic imine (C=N–C) groups is 1. The lowest BCUT2D eigenvalue weighted by molar-refractivity contribution is -0.143. The van der Waals surface area contributed by atoms with Crippen molar-refractivity contribution in [1.29, 1.82) is 0 Å². The molecule has 1 heterocycles. The maximum Gasteiger partial charge on any atom is 0.343 e. The molecule has 1 aliphatic heterocycles. The van der Waals surface area contributed by atoms with Crippen LogP contribution in [0.25, 0.3) is 0 Å². The Labute approximate surface area is 81.9 Å². The van der Waals surface area contributed by atoms with Gasteiger partial charge >= 0.3 is 5.97 Å². The number of ether oxygens (including phenoxy) is 2. The van der Waals surface area contributed by atoms with Gasteiger partial charge in [-0.1, -0.05) is 6.08 Å². The van der Waals surface area contributed by atoms with Crippen LogP contribution in [0.15, 0.2) is 29.0 Å². The van der Waals surface area contributed by atoms with E-state index in [2.05, 4.69) is 9.73 Å². The minimum Gasteiger partial charge on any atom is -0.469 e. The van der Waals surface area contributed by atoms with Crippen molar-refractivity contribution >= 4 is 11.9 Å². The van der Waals surface area contributed by atoms with Crippen LogP contribution < -0.4 is 5.73 Å². The van der Waals surface area contributed by atoms with Gasteiger partial charge in [0.1, 0.15) is 0 Å². The standard InChI is InChI=1S/C9H12N2O3/c1-13-9(12)6-14-8-3-2-7(10)4-5-11-8/h2,4-5H,3,6,10H2,1H3. The highest BCUT2D eigenvalue weighted by molar-refractivity contribution is 5.82. The number of hydrogen-bond donors (Lipinski definition) is 1. The molecule has 0 aliphatic carbocycles. The lowest BCUT2D eigenvalue weighted by atomic mass is 10.3. The van der Waals surface area contributed by atoms with E-state index >= 15 is 0 Å². The van der Waals surface area contributed by atoms with Crippen LogP contribution >= 0.6 is 0 Å².